The predicted molar refractivity (Wildman–Crippen MR) is 77.6 cm³/mol. The monoisotopic (exact) mass is 260 g/mol. The summed E-state index contributed by atoms with van der Waals surface area (Å²) in [4.78, 5) is 0. The van der Waals surface area contributed by atoms with Crippen molar-refractivity contribution in [2.24, 2.45) is 0 Å². The third-order valence-electron chi connectivity index (χ3n) is 4.33. The summed E-state index contributed by atoms with van der Waals surface area (Å²) in [5.74, 6) is 1.02. The fourth-order valence-electron chi connectivity index (χ4n) is 3.03. The Morgan fingerprint density at radius 2 is 2.16 bits per heavy atom. The number of rotatable bonds is 3. The summed E-state index contributed by atoms with van der Waals surface area (Å²) in [6.07, 6.45) is 4.92. The molecule has 0 amide bonds. The zero-order chi connectivity index (χ0) is 13.1. The van der Waals surface area contributed by atoms with Crippen LogP contribution in [-0.4, -0.2) is 25.2 Å². The Kier molecular flexibility index (Phi) is 3.76. The summed E-state index contributed by atoms with van der Waals surface area (Å²) in [5.41, 5.74) is 3.01. The molecule has 0 radical (unpaired) electrons. The zero-order valence-electron chi connectivity index (χ0n) is 11.8. The second-order valence-corrected chi connectivity index (χ2v) is 6.09. The molecule has 1 unspecified atom stereocenters. The molecule has 19 heavy (non-hydrogen) atoms. The van der Waals surface area contributed by atoms with Gasteiger partial charge in [-0.1, -0.05) is 12.5 Å². The predicted octanol–water partition coefficient (Wildman–Crippen LogP) is 2.24. The molecule has 1 atom stereocenters. The second kappa shape index (κ2) is 5.51. The van der Waals surface area contributed by atoms with Crippen LogP contribution in [0, 0.1) is 0 Å². The molecular formula is C16H24N2O. The molecule has 104 valence electrons. The van der Waals surface area contributed by atoms with E-state index in [0.717, 1.165) is 38.4 Å². The molecule has 2 aliphatic rings. The van der Waals surface area contributed by atoms with Crippen molar-refractivity contribution in [3.63, 3.8) is 0 Å². The van der Waals surface area contributed by atoms with Gasteiger partial charge in [0.25, 0.3) is 0 Å². The molecule has 3 rings (SSSR count). The number of piperidine rings is 1. The van der Waals surface area contributed by atoms with Gasteiger partial charge in [0, 0.05) is 12.1 Å². The minimum atomic E-state index is 0.149. The maximum atomic E-state index is 6.03. The molecule has 1 aromatic rings. The average molecular weight is 260 g/mol. The summed E-state index contributed by atoms with van der Waals surface area (Å²) in [5, 5.41) is 6.99. The minimum Gasteiger partial charge on any atom is -0.492 e. The molecule has 1 aromatic carbocycles. The van der Waals surface area contributed by atoms with Crippen LogP contribution in [0.3, 0.4) is 0 Å². The van der Waals surface area contributed by atoms with Crippen molar-refractivity contribution in [1.29, 1.82) is 0 Å². The van der Waals surface area contributed by atoms with Gasteiger partial charge in [-0.2, -0.15) is 0 Å². The van der Waals surface area contributed by atoms with Gasteiger partial charge in [0.2, 0.25) is 0 Å². The van der Waals surface area contributed by atoms with Crippen LogP contribution < -0.4 is 15.4 Å². The lowest BCUT2D eigenvalue weighted by Crippen LogP contribution is -2.50. The minimum absolute atomic E-state index is 0.149. The lowest BCUT2D eigenvalue weighted by molar-refractivity contribution is 0.163. The van der Waals surface area contributed by atoms with Crippen LogP contribution in [0.2, 0.25) is 0 Å². The van der Waals surface area contributed by atoms with Gasteiger partial charge < -0.3 is 15.4 Å². The van der Waals surface area contributed by atoms with Gasteiger partial charge in [0.05, 0.1) is 0 Å². The van der Waals surface area contributed by atoms with Crippen LogP contribution in [0.15, 0.2) is 18.2 Å². The molecule has 0 saturated carbocycles. The molecule has 0 bridgehead atoms. The largest absolute Gasteiger partial charge is 0.492 e. The highest BCUT2D eigenvalue weighted by molar-refractivity contribution is 5.37. The van der Waals surface area contributed by atoms with Crippen molar-refractivity contribution >= 4 is 0 Å². The van der Waals surface area contributed by atoms with E-state index in [-0.39, 0.29) is 5.54 Å². The maximum absolute atomic E-state index is 6.03. The Bertz CT molecular complexity index is 438. The van der Waals surface area contributed by atoms with E-state index in [1.165, 1.54) is 30.4 Å². The lowest BCUT2D eigenvalue weighted by Gasteiger charge is -2.34. The molecule has 1 fully saturated rings. The van der Waals surface area contributed by atoms with Gasteiger partial charge in [-0.05, 0) is 62.5 Å². The van der Waals surface area contributed by atoms with Crippen molar-refractivity contribution in [3.8, 4) is 5.75 Å². The number of benzene rings is 1. The van der Waals surface area contributed by atoms with Crippen molar-refractivity contribution in [2.45, 2.75) is 44.7 Å². The third-order valence-corrected chi connectivity index (χ3v) is 4.33. The molecular weight excluding hydrogens is 236 g/mol. The van der Waals surface area contributed by atoms with E-state index in [2.05, 4.69) is 35.8 Å². The molecule has 2 N–H and O–H groups in total. The molecule has 0 spiro atoms. The number of fused-ring (bicyclic) bond motifs is 1. The summed E-state index contributed by atoms with van der Waals surface area (Å²) in [6.45, 7) is 6.23. The summed E-state index contributed by atoms with van der Waals surface area (Å²) >= 11 is 0. The van der Waals surface area contributed by atoms with E-state index in [4.69, 9.17) is 4.74 Å². The van der Waals surface area contributed by atoms with Gasteiger partial charge in [-0.3, -0.25) is 0 Å². The van der Waals surface area contributed by atoms with Crippen molar-refractivity contribution < 1.29 is 4.74 Å². The van der Waals surface area contributed by atoms with Crippen LogP contribution in [0.25, 0.3) is 0 Å². The first-order chi connectivity index (χ1) is 9.25. The fraction of sp³-hybridized carbons (Fsp3) is 0.625. The number of hydrogen-bond acceptors (Lipinski definition) is 3. The maximum Gasteiger partial charge on any atom is 0.119 e. The van der Waals surface area contributed by atoms with Crippen LogP contribution in [0.1, 0.15) is 37.3 Å². The van der Waals surface area contributed by atoms with Crippen molar-refractivity contribution in [3.05, 3.63) is 29.3 Å². The Morgan fingerprint density at radius 1 is 1.21 bits per heavy atom. The van der Waals surface area contributed by atoms with E-state index in [1.54, 1.807) is 0 Å². The zero-order valence-corrected chi connectivity index (χ0v) is 11.8. The number of hydrogen-bond donors (Lipinski definition) is 2. The molecule has 3 nitrogen and oxygen atoms in total. The first kappa shape index (κ1) is 12.9. The number of ether oxygens (including phenoxy) is 1. The summed E-state index contributed by atoms with van der Waals surface area (Å²) < 4.78 is 6.03. The van der Waals surface area contributed by atoms with Crippen LogP contribution in [0.5, 0.6) is 5.75 Å². The van der Waals surface area contributed by atoms with E-state index in [0.29, 0.717) is 0 Å². The van der Waals surface area contributed by atoms with E-state index < -0.39 is 0 Å². The Balaban J connectivity index is 1.63. The lowest BCUT2D eigenvalue weighted by atomic mass is 9.92. The number of nitrogens with one attached hydrogen (secondary N) is 2. The first-order valence-electron chi connectivity index (χ1n) is 7.46. The van der Waals surface area contributed by atoms with Crippen LogP contribution in [0.4, 0.5) is 0 Å². The topological polar surface area (TPSA) is 33.3 Å². The molecule has 3 heteroatoms. The normalized spacial score (nSPS) is 26.8. The molecule has 1 saturated heterocycles. The fourth-order valence-corrected chi connectivity index (χ4v) is 3.03. The Labute approximate surface area is 115 Å². The van der Waals surface area contributed by atoms with E-state index in [9.17, 15) is 0 Å². The highest BCUT2D eigenvalue weighted by Gasteiger charge is 2.27. The SMILES string of the molecule is CC1(COc2ccc3c(c2)CCNC3)CCCCN1. The van der Waals surface area contributed by atoms with Gasteiger partial charge in [0.15, 0.2) is 0 Å². The second-order valence-electron chi connectivity index (χ2n) is 6.09. The highest BCUT2D eigenvalue weighted by Crippen LogP contribution is 2.24. The van der Waals surface area contributed by atoms with Crippen LogP contribution in [-0.2, 0) is 13.0 Å². The van der Waals surface area contributed by atoms with Gasteiger partial charge in [0.1, 0.15) is 12.4 Å². The van der Waals surface area contributed by atoms with Crippen molar-refractivity contribution in [2.75, 3.05) is 19.7 Å². The van der Waals surface area contributed by atoms with Gasteiger partial charge in [-0.15, -0.1) is 0 Å². The molecule has 0 aliphatic carbocycles. The van der Waals surface area contributed by atoms with E-state index in [1.807, 2.05) is 0 Å². The third kappa shape index (κ3) is 3.10. The van der Waals surface area contributed by atoms with Gasteiger partial charge >= 0.3 is 0 Å². The van der Waals surface area contributed by atoms with Crippen molar-refractivity contribution in [1.82, 2.24) is 10.6 Å². The Morgan fingerprint density at radius 3 is 3.00 bits per heavy atom. The Hall–Kier alpha value is -1.06. The molecule has 2 aliphatic heterocycles. The smallest absolute Gasteiger partial charge is 0.119 e. The standard InChI is InChI=1S/C16H24N2O/c1-16(7-2-3-8-18-16)12-19-15-5-4-14-11-17-9-6-13(14)10-15/h4-5,10,17-18H,2-3,6-9,11-12H2,1H3. The average Bonchev–Trinajstić information content (AvgIpc) is 2.46. The first-order valence-corrected chi connectivity index (χ1v) is 7.46. The molecule has 2 heterocycles. The summed E-state index contributed by atoms with van der Waals surface area (Å²) in [6, 6.07) is 6.54. The molecule has 0 aromatic heterocycles. The highest BCUT2D eigenvalue weighted by atomic mass is 16.5. The van der Waals surface area contributed by atoms with E-state index >= 15 is 0 Å². The quantitative estimate of drug-likeness (QED) is 0.874. The summed E-state index contributed by atoms with van der Waals surface area (Å²) in [7, 11) is 0. The van der Waals surface area contributed by atoms with Gasteiger partial charge in [-0.25, -0.2) is 0 Å². The van der Waals surface area contributed by atoms with Crippen LogP contribution >= 0.6 is 0 Å².